The highest BCUT2D eigenvalue weighted by Gasteiger charge is 2.45. The molecule has 1 aliphatic rings. The molecule has 1 saturated heterocycles. The van der Waals surface area contributed by atoms with Crippen molar-refractivity contribution >= 4 is 23.0 Å². The van der Waals surface area contributed by atoms with Gasteiger partial charge < -0.3 is 30.5 Å². The number of nitrogens with zero attached hydrogens (tertiary/aromatic N) is 5. The van der Waals surface area contributed by atoms with Crippen molar-refractivity contribution in [3.8, 4) is 0 Å². The van der Waals surface area contributed by atoms with Crippen LogP contribution in [0.15, 0.2) is 4.79 Å². The molecular formula is C13H17N7O7. The van der Waals surface area contributed by atoms with Crippen LogP contribution >= 0.6 is 0 Å². The van der Waals surface area contributed by atoms with Gasteiger partial charge in [-0.2, -0.15) is 14.5 Å². The van der Waals surface area contributed by atoms with Crippen molar-refractivity contribution in [1.82, 2.24) is 24.8 Å². The molecule has 0 radical (unpaired) electrons. The van der Waals surface area contributed by atoms with Crippen LogP contribution < -0.4 is 11.3 Å². The lowest BCUT2D eigenvalue weighted by molar-refractivity contribution is -0.0619. The minimum Gasteiger partial charge on any atom is -0.461 e. The van der Waals surface area contributed by atoms with Crippen LogP contribution in [-0.2, 0) is 9.47 Å². The van der Waals surface area contributed by atoms with Gasteiger partial charge >= 0.3 is 5.97 Å². The summed E-state index contributed by atoms with van der Waals surface area (Å²) in [6.45, 7) is 1.01. The van der Waals surface area contributed by atoms with E-state index in [4.69, 9.17) is 25.7 Å². The first-order valence-electron chi connectivity index (χ1n) is 7.84. The van der Waals surface area contributed by atoms with Gasteiger partial charge in [0.25, 0.3) is 5.56 Å². The van der Waals surface area contributed by atoms with Crippen LogP contribution in [-0.4, -0.2) is 83.5 Å². The highest BCUT2D eigenvalue weighted by atomic mass is 16.6. The molecule has 27 heavy (non-hydrogen) atoms. The number of esters is 1. The van der Waals surface area contributed by atoms with E-state index in [-0.39, 0.29) is 23.3 Å². The maximum atomic E-state index is 12.8. The fourth-order valence-electron chi connectivity index (χ4n) is 2.70. The van der Waals surface area contributed by atoms with Gasteiger partial charge in [-0.1, -0.05) is 5.21 Å². The summed E-state index contributed by atoms with van der Waals surface area (Å²) in [6.07, 6.45) is -5.63. The summed E-state index contributed by atoms with van der Waals surface area (Å²) in [7, 11) is 0. The van der Waals surface area contributed by atoms with Gasteiger partial charge in [0.05, 0.1) is 13.2 Å². The van der Waals surface area contributed by atoms with E-state index in [1.165, 1.54) is 0 Å². The van der Waals surface area contributed by atoms with E-state index in [2.05, 4.69) is 15.4 Å². The summed E-state index contributed by atoms with van der Waals surface area (Å²) in [5.41, 5.74) is 3.50. The second kappa shape index (κ2) is 6.99. The molecule has 0 aromatic carbocycles. The molecule has 3 heterocycles. The molecule has 4 atom stereocenters. The maximum Gasteiger partial charge on any atom is 0.361 e. The molecule has 3 rings (SSSR count). The molecular weight excluding hydrogens is 366 g/mol. The fourth-order valence-corrected chi connectivity index (χ4v) is 2.70. The number of aromatic nitrogens is 5. The zero-order valence-electron chi connectivity index (χ0n) is 14.0. The van der Waals surface area contributed by atoms with E-state index >= 15 is 0 Å². The number of nitrogens with one attached hydrogen (secondary N) is 1. The van der Waals surface area contributed by atoms with Crippen LogP contribution in [0.5, 0.6) is 0 Å². The van der Waals surface area contributed by atoms with Crippen LogP contribution in [0.25, 0.3) is 11.0 Å². The molecule has 14 nitrogen and oxygen atoms in total. The molecule has 0 bridgehead atoms. The van der Waals surface area contributed by atoms with Crippen molar-refractivity contribution in [2.45, 2.75) is 31.5 Å². The summed E-state index contributed by atoms with van der Waals surface area (Å²) < 4.78 is 11.4. The summed E-state index contributed by atoms with van der Waals surface area (Å²) in [6, 6.07) is 0. The zero-order valence-corrected chi connectivity index (χ0v) is 14.0. The van der Waals surface area contributed by atoms with Crippen LogP contribution in [0, 0.1) is 5.41 Å². The highest BCUT2D eigenvalue weighted by Crippen LogP contribution is 2.27. The molecule has 6 N–H and O–H groups in total. The Morgan fingerprint density at radius 2 is 2.11 bits per heavy atom. The average Bonchev–Trinajstić information content (AvgIpc) is 3.16. The molecule has 0 spiro atoms. The lowest BCUT2D eigenvalue weighted by Crippen LogP contribution is -2.38. The number of carbonyl (C=O) groups excluding carboxylic acids is 1. The fraction of sp³-hybridized carbons (Fsp3) is 0.538. The number of nitrogens with two attached hydrogens (primary N) is 1. The van der Waals surface area contributed by atoms with Gasteiger partial charge in [-0.25, -0.2) is 4.79 Å². The van der Waals surface area contributed by atoms with Crippen LogP contribution in [0.2, 0.25) is 0 Å². The average molecular weight is 383 g/mol. The van der Waals surface area contributed by atoms with Gasteiger partial charge in [-0.3, -0.25) is 10.2 Å². The van der Waals surface area contributed by atoms with Crippen molar-refractivity contribution < 1.29 is 29.6 Å². The van der Waals surface area contributed by atoms with Crippen molar-refractivity contribution in [2.24, 2.45) is 5.73 Å². The Kier molecular flexibility index (Phi) is 4.88. The largest absolute Gasteiger partial charge is 0.461 e. The number of aliphatic hydroxyl groups excluding tert-OH is 3. The number of hydrogen-bond acceptors (Lipinski definition) is 11. The first kappa shape index (κ1) is 18.8. The Morgan fingerprint density at radius 1 is 1.41 bits per heavy atom. The predicted octanol–water partition coefficient (Wildman–Crippen LogP) is -3.48. The van der Waals surface area contributed by atoms with Gasteiger partial charge in [-0.05, 0) is 6.92 Å². The SMILES string of the molecule is CCOC(=O)c1nn(C(=N)N)c2c(=O)n(C3OC(CO)C(O)C3O)nnc12. The van der Waals surface area contributed by atoms with Gasteiger partial charge in [0.2, 0.25) is 5.96 Å². The molecule has 0 amide bonds. The van der Waals surface area contributed by atoms with Gasteiger partial charge in [0.15, 0.2) is 23.0 Å². The van der Waals surface area contributed by atoms with E-state index in [0.29, 0.717) is 9.36 Å². The Morgan fingerprint density at radius 3 is 2.67 bits per heavy atom. The van der Waals surface area contributed by atoms with E-state index in [1.54, 1.807) is 6.92 Å². The Bertz CT molecular complexity index is 954. The van der Waals surface area contributed by atoms with Crippen LogP contribution in [0.1, 0.15) is 23.6 Å². The molecule has 0 saturated carbocycles. The Hall–Kier alpha value is -2.94. The van der Waals surface area contributed by atoms with E-state index in [0.717, 1.165) is 0 Å². The normalized spacial score (nSPS) is 25.0. The highest BCUT2D eigenvalue weighted by molar-refractivity contribution is 6.02. The van der Waals surface area contributed by atoms with Gasteiger partial charge in [0, 0.05) is 0 Å². The zero-order chi connectivity index (χ0) is 19.9. The number of aliphatic hydroxyl groups is 3. The third-order valence-corrected chi connectivity index (χ3v) is 3.97. The summed E-state index contributed by atoms with van der Waals surface area (Å²) in [5, 5.41) is 47.8. The van der Waals surface area contributed by atoms with Crippen molar-refractivity contribution in [3.63, 3.8) is 0 Å². The molecule has 146 valence electrons. The number of fused-ring (bicyclic) bond motifs is 1. The molecule has 0 aliphatic carbocycles. The molecule has 14 heteroatoms. The molecule has 1 aliphatic heterocycles. The smallest absolute Gasteiger partial charge is 0.361 e. The molecule has 4 unspecified atom stereocenters. The van der Waals surface area contributed by atoms with E-state index in [1.807, 2.05) is 0 Å². The molecule has 2 aromatic rings. The third kappa shape index (κ3) is 2.93. The topological polar surface area (TPSA) is 212 Å². The van der Waals surface area contributed by atoms with Crippen molar-refractivity contribution in [1.29, 1.82) is 5.41 Å². The second-order valence-electron chi connectivity index (χ2n) is 5.63. The lowest BCUT2D eigenvalue weighted by Gasteiger charge is -2.15. The standard InChI is InChI=1S/C13H17N7O7/c1-2-26-12(25)6-5-7(19(17-6)13(14)15)10(24)20(18-16-5)11-9(23)8(22)4(3-21)27-11/h4,8-9,11,21-23H,2-3H2,1H3,(H3,14,15). The van der Waals surface area contributed by atoms with Crippen LogP contribution in [0.3, 0.4) is 0 Å². The number of carbonyl (C=O) groups is 1. The lowest BCUT2D eigenvalue weighted by atomic mass is 10.1. The summed E-state index contributed by atoms with van der Waals surface area (Å²) in [5.74, 6) is -1.56. The Balaban J connectivity index is 2.18. The number of ether oxygens (including phenoxy) is 2. The van der Waals surface area contributed by atoms with Crippen LogP contribution in [0.4, 0.5) is 0 Å². The van der Waals surface area contributed by atoms with Gasteiger partial charge in [-0.15, -0.1) is 5.10 Å². The molecule has 2 aromatic heterocycles. The first-order chi connectivity index (χ1) is 12.8. The second-order valence-corrected chi connectivity index (χ2v) is 5.63. The third-order valence-electron chi connectivity index (χ3n) is 3.97. The minimum atomic E-state index is -1.58. The van der Waals surface area contributed by atoms with E-state index < -0.39 is 48.6 Å². The quantitative estimate of drug-likeness (QED) is 0.199. The first-order valence-corrected chi connectivity index (χ1v) is 7.84. The number of rotatable bonds is 4. The number of hydrogen-bond donors (Lipinski definition) is 5. The monoisotopic (exact) mass is 383 g/mol. The maximum absolute atomic E-state index is 12.8. The number of nitrogen functional groups attached to an aromatic ring is 1. The summed E-state index contributed by atoms with van der Waals surface area (Å²) >= 11 is 0. The van der Waals surface area contributed by atoms with Gasteiger partial charge in [0.1, 0.15) is 18.3 Å². The molecule has 1 fully saturated rings. The Labute approximate surface area is 150 Å². The van der Waals surface area contributed by atoms with Crippen molar-refractivity contribution in [2.75, 3.05) is 13.2 Å². The van der Waals surface area contributed by atoms with E-state index in [9.17, 15) is 19.8 Å². The summed E-state index contributed by atoms with van der Waals surface area (Å²) in [4.78, 5) is 24.9. The predicted molar refractivity (Wildman–Crippen MR) is 85.9 cm³/mol. The minimum absolute atomic E-state index is 0.0420. The van der Waals surface area contributed by atoms with Crippen molar-refractivity contribution in [3.05, 3.63) is 16.0 Å².